The molecule has 2 N–H and O–H groups in total. The largest absolute Gasteiger partial charge is 0.320 e. The maximum absolute atomic E-state index is 13.4. The van der Waals surface area contributed by atoms with Crippen LogP contribution in [-0.2, 0) is 4.79 Å². The van der Waals surface area contributed by atoms with Gasteiger partial charge in [-0.25, -0.2) is 8.78 Å². The van der Waals surface area contributed by atoms with Crippen LogP contribution in [0.3, 0.4) is 0 Å². The Hall–Kier alpha value is -2.34. The van der Waals surface area contributed by atoms with Crippen molar-refractivity contribution in [3.63, 3.8) is 0 Å². The summed E-state index contributed by atoms with van der Waals surface area (Å²) in [6.07, 6.45) is 3.31. The highest BCUT2D eigenvalue weighted by atomic mass is 19.1. The molecule has 2 aromatic rings. The van der Waals surface area contributed by atoms with Crippen LogP contribution in [0.2, 0.25) is 0 Å². The summed E-state index contributed by atoms with van der Waals surface area (Å²) in [4.78, 5) is 15.6. The standard InChI is InChI=1S/C15H15F2N3O/c1-10(11-5-7-18-8-6-11)19-9-14(21)20-15-12(16)3-2-4-13(15)17/h2-8,10,19H,9H2,1H3,(H,20,21)/t10-/m0/s1. The number of pyridine rings is 1. The van der Waals surface area contributed by atoms with Crippen molar-refractivity contribution in [3.8, 4) is 0 Å². The molecular weight excluding hydrogens is 276 g/mol. The Morgan fingerprint density at radius 2 is 1.81 bits per heavy atom. The molecule has 0 aliphatic heterocycles. The fourth-order valence-electron chi connectivity index (χ4n) is 1.82. The van der Waals surface area contributed by atoms with E-state index >= 15 is 0 Å². The number of amides is 1. The Kier molecular flexibility index (Phi) is 4.94. The number of benzene rings is 1. The molecule has 0 aliphatic rings. The minimum absolute atomic E-state index is 0.0583. The van der Waals surface area contributed by atoms with Crippen LogP contribution in [-0.4, -0.2) is 17.4 Å². The average molecular weight is 291 g/mol. The molecule has 110 valence electrons. The third kappa shape index (κ3) is 4.06. The first kappa shape index (κ1) is 15.1. The second kappa shape index (κ2) is 6.90. The quantitative estimate of drug-likeness (QED) is 0.890. The van der Waals surface area contributed by atoms with Crippen molar-refractivity contribution in [2.24, 2.45) is 0 Å². The number of rotatable bonds is 5. The Morgan fingerprint density at radius 1 is 1.19 bits per heavy atom. The van der Waals surface area contributed by atoms with Gasteiger partial charge in [-0.3, -0.25) is 9.78 Å². The minimum atomic E-state index is -0.800. The summed E-state index contributed by atoms with van der Waals surface area (Å²) < 4.78 is 26.8. The van der Waals surface area contributed by atoms with Gasteiger partial charge in [-0.1, -0.05) is 6.07 Å². The van der Waals surface area contributed by atoms with E-state index in [-0.39, 0.29) is 12.6 Å². The van der Waals surface area contributed by atoms with E-state index in [1.807, 2.05) is 19.1 Å². The fourth-order valence-corrected chi connectivity index (χ4v) is 1.82. The zero-order chi connectivity index (χ0) is 15.2. The molecule has 1 atom stereocenters. The van der Waals surface area contributed by atoms with Gasteiger partial charge < -0.3 is 10.6 Å². The van der Waals surface area contributed by atoms with E-state index in [2.05, 4.69) is 15.6 Å². The normalized spacial score (nSPS) is 12.0. The van der Waals surface area contributed by atoms with E-state index in [4.69, 9.17) is 0 Å². The predicted octanol–water partition coefficient (Wildman–Crippen LogP) is 2.65. The molecule has 6 heteroatoms. The topological polar surface area (TPSA) is 54.0 Å². The zero-order valence-corrected chi connectivity index (χ0v) is 11.4. The molecule has 21 heavy (non-hydrogen) atoms. The van der Waals surface area contributed by atoms with Crippen LogP contribution in [0.1, 0.15) is 18.5 Å². The van der Waals surface area contributed by atoms with Gasteiger partial charge in [0.25, 0.3) is 0 Å². The van der Waals surface area contributed by atoms with E-state index in [9.17, 15) is 13.6 Å². The summed E-state index contributed by atoms with van der Waals surface area (Å²) >= 11 is 0. The molecule has 0 aliphatic carbocycles. The number of hydrogen-bond acceptors (Lipinski definition) is 3. The smallest absolute Gasteiger partial charge is 0.238 e. The number of para-hydroxylation sites is 1. The number of hydrogen-bond donors (Lipinski definition) is 2. The molecule has 4 nitrogen and oxygen atoms in total. The molecule has 0 bridgehead atoms. The molecular formula is C15H15F2N3O. The second-order valence-electron chi connectivity index (χ2n) is 4.53. The monoisotopic (exact) mass is 291 g/mol. The van der Waals surface area contributed by atoms with Gasteiger partial charge in [-0.2, -0.15) is 0 Å². The van der Waals surface area contributed by atoms with Gasteiger partial charge in [0.2, 0.25) is 5.91 Å². The van der Waals surface area contributed by atoms with Gasteiger partial charge in [0.1, 0.15) is 17.3 Å². The summed E-state index contributed by atoms with van der Waals surface area (Å²) in [5.41, 5.74) is 0.538. The highest BCUT2D eigenvalue weighted by molar-refractivity contribution is 5.92. The SMILES string of the molecule is C[C@H](NCC(=O)Nc1c(F)cccc1F)c1ccncc1. The van der Waals surface area contributed by atoms with E-state index in [0.717, 1.165) is 17.7 Å². The Labute approximate surface area is 121 Å². The van der Waals surface area contributed by atoms with Crippen molar-refractivity contribution in [2.45, 2.75) is 13.0 Å². The van der Waals surface area contributed by atoms with Crippen molar-refractivity contribution >= 4 is 11.6 Å². The number of carbonyl (C=O) groups is 1. The Balaban J connectivity index is 1.91. The van der Waals surface area contributed by atoms with Crippen molar-refractivity contribution in [1.29, 1.82) is 0 Å². The van der Waals surface area contributed by atoms with Crippen LogP contribution >= 0.6 is 0 Å². The van der Waals surface area contributed by atoms with Gasteiger partial charge in [0, 0.05) is 18.4 Å². The predicted molar refractivity (Wildman–Crippen MR) is 75.6 cm³/mol. The molecule has 0 fully saturated rings. The number of nitrogens with one attached hydrogen (secondary N) is 2. The van der Waals surface area contributed by atoms with Crippen LogP contribution < -0.4 is 10.6 Å². The van der Waals surface area contributed by atoms with E-state index in [0.29, 0.717) is 0 Å². The summed E-state index contributed by atoms with van der Waals surface area (Å²) in [6.45, 7) is 1.82. The molecule has 1 heterocycles. The number of halogens is 2. The van der Waals surface area contributed by atoms with Gasteiger partial charge in [0.15, 0.2) is 0 Å². The number of nitrogens with zero attached hydrogens (tertiary/aromatic N) is 1. The molecule has 0 spiro atoms. The lowest BCUT2D eigenvalue weighted by Gasteiger charge is -2.14. The fraction of sp³-hybridized carbons (Fsp3) is 0.200. The summed E-state index contributed by atoms with van der Waals surface area (Å²) in [5.74, 6) is -2.11. The maximum Gasteiger partial charge on any atom is 0.238 e. The lowest BCUT2D eigenvalue weighted by Crippen LogP contribution is -2.30. The summed E-state index contributed by atoms with van der Waals surface area (Å²) in [6, 6.07) is 6.99. The van der Waals surface area contributed by atoms with Gasteiger partial charge in [0.05, 0.1) is 6.54 Å². The highest BCUT2D eigenvalue weighted by Crippen LogP contribution is 2.17. The van der Waals surface area contributed by atoms with Gasteiger partial charge in [-0.05, 0) is 36.8 Å². The second-order valence-corrected chi connectivity index (χ2v) is 4.53. The van der Waals surface area contributed by atoms with Gasteiger partial charge in [-0.15, -0.1) is 0 Å². The van der Waals surface area contributed by atoms with E-state index in [1.54, 1.807) is 12.4 Å². The number of anilines is 1. The Bertz CT molecular complexity index is 599. The summed E-state index contributed by atoms with van der Waals surface area (Å²) in [7, 11) is 0. The maximum atomic E-state index is 13.4. The average Bonchev–Trinajstić information content (AvgIpc) is 2.49. The van der Waals surface area contributed by atoms with Crippen molar-refractivity contribution in [2.75, 3.05) is 11.9 Å². The molecule has 0 saturated carbocycles. The Morgan fingerprint density at radius 3 is 2.43 bits per heavy atom. The van der Waals surface area contributed by atoms with Crippen LogP contribution in [0, 0.1) is 11.6 Å². The lowest BCUT2D eigenvalue weighted by atomic mass is 10.1. The van der Waals surface area contributed by atoms with Crippen LogP contribution in [0.4, 0.5) is 14.5 Å². The third-order valence-corrected chi connectivity index (χ3v) is 3.00. The molecule has 0 saturated heterocycles. The van der Waals surface area contributed by atoms with Crippen molar-refractivity contribution < 1.29 is 13.6 Å². The highest BCUT2D eigenvalue weighted by Gasteiger charge is 2.12. The van der Waals surface area contributed by atoms with E-state index in [1.165, 1.54) is 6.07 Å². The molecule has 0 radical (unpaired) electrons. The lowest BCUT2D eigenvalue weighted by molar-refractivity contribution is -0.115. The zero-order valence-electron chi connectivity index (χ0n) is 11.4. The van der Waals surface area contributed by atoms with Gasteiger partial charge >= 0.3 is 0 Å². The molecule has 1 aromatic carbocycles. The molecule has 0 unspecified atom stereocenters. The van der Waals surface area contributed by atoms with Crippen LogP contribution in [0.25, 0.3) is 0 Å². The van der Waals surface area contributed by atoms with E-state index < -0.39 is 23.2 Å². The first-order chi connectivity index (χ1) is 10.1. The van der Waals surface area contributed by atoms with Crippen molar-refractivity contribution in [1.82, 2.24) is 10.3 Å². The number of aromatic nitrogens is 1. The van der Waals surface area contributed by atoms with Crippen LogP contribution in [0.15, 0.2) is 42.7 Å². The van der Waals surface area contributed by atoms with Crippen LogP contribution in [0.5, 0.6) is 0 Å². The first-order valence-electron chi connectivity index (χ1n) is 6.45. The molecule has 1 amide bonds. The molecule has 2 rings (SSSR count). The first-order valence-corrected chi connectivity index (χ1v) is 6.45. The number of carbonyl (C=O) groups excluding carboxylic acids is 1. The molecule has 1 aromatic heterocycles. The third-order valence-electron chi connectivity index (χ3n) is 3.00. The van der Waals surface area contributed by atoms with Crippen molar-refractivity contribution in [3.05, 3.63) is 59.9 Å². The minimum Gasteiger partial charge on any atom is -0.320 e. The summed E-state index contributed by atoms with van der Waals surface area (Å²) in [5, 5.41) is 5.19.